The van der Waals surface area contributed by atoms with E-state index in [4.69, 9.17) is 9.90 Å². The van der Waals surface area contributed by atoms with Crippen molar-refractivity contribution in [3.05, 3.63) is 191 Å². The van der Waals surface area contributed by atoms with Gasteiger partial charge in [-0.2, -0.15) is 0 Å². The summed E-state index contributed by atoms with van der Waals surface area (Å²) < 4.78 is 0.751. The number of carboxylic acids is 1. The van der Waals surface area contributed by atoms with Crippen LogP contribution in [0.3, 0.4) is 0 Å². The summed E-state index contributed by atoms with van der Waals surface area (Å²) in [4.78, 5) is 9.00. The predicted octanol–water partition coefficient (Wildman–Crippen LogP) is 10.1. The van der Waals surface area contributed by atoms with E-state index in [-0.39, 0.29) is 0 Å². The molecule has 5 heteroatoms. The Morgan fingerprint density at radius 1 is 0.449 bits per heavy atom. The summed E-state index contributed by atoms with van der Waals surface area (Å²) in [5.74, 6) is -0.833. The van der Waals surface area contributed by atoms with E-state index in [2.05, 4.69) is 185 Å². The molecule has 0 amide bonds. The Hall–Kier alpha value is -3.69. The molecule has 0 fully saturated rings. The minimum absolute atomic E-state index is 0.373. The molecule has 0 aliphatic heterocycles. The van der Waals surface area contributed by atoms with Gasteiger partial charge in [-0.1, -0.05) is 0 Å². The Balaban J connectivity index is 0.00000111. The SMILES string of the molecule is CC(=O)O.Cc1ccccc1P(c1ccccc1C)[CH]([Pd][CH](c1ccccc1)P(c1ccccc1C)c1ccccc1C)c1ccccc1. The molecule has 0 aromatic heterocycles. The monoisotopic (exact) mass is 772 g/mol. The molecule has 0 aliphatic carbocycles. The number of carbonyl (C=O) groups is 1. The quantitative estimate of drug-likeness (QED) is 0.111. The van der Waals surface area contributed by atoms with Crippen molar-refractivity contribution in [3.8, 4) is 0 Å². The number of hydrogen-bond donors (Lipinski definition) is 1. The average Bonchev–Trinajstić information content (AvgIpc) is 3.11. The van der Waals surface area contributed by atoms with E-state index in [0.717, 1.165) is 6.92 Å². The fraction of sp³-hybridized carbons (Fsp3) is 0.159. The number of aliphatic carboxylic acids is 1. The van der Waals surface area contributed by atoms with Gasteiger partial charge in [0, 0.05) is 6.92 Å². The van der Waals surface area contributed by atoms with E-state index < -0.39 is 21.8 Å². The summed E-state index contributed by atoms with van der Waals surface area (Å²) in [5, 5.41) is 13.4. The molecule has 2 atom stereocenters. The molecule has 0 spiro atoms. The summed E-state index contributed by atoms with van der Waals surface area (Å²) in [6, 6.07) is 59.4. The fourth-order valence-corrected chi connectivity index (χ4v) is 18.4. The first-order chi connectivity index (χ1) is 23.8. The molecule has 6 rings (SSSR count). The zero-order valence-electron chi connectivity index (χ0n) is 28.7. The normalized spacial score (nSPS) is 12.3. The second-order valence-electron chi connectivity index (χ2n) is 11.9. The van der Waals surface area contributed by atoms with Crippen LogP contribution in [-0.4, -0.2) is 11.1 Å². The maximum atomic E-state index is 9.00. The van der Waals surface area contributed by atoms with Gasteiger partial charge in [-0.05, 0) is 0 Å². The molecule has 252 valence electrons. The molecule has 0 radical (unpaired) electrons. The zero-order chi connectivity index (χ0) is 34.8. The van der Waals surface area contributed by atoms with Gasteiger partial charge in [-0.25, -0.2) is 0 Å². The van der Waals surface area contributed by atoms with Crippen LogP contribution in [0.2, 0.25) is 0 Å². The number of carboxylic acid groups (broad SMARTS) is 1. The van der Waals surface area contributed by atoms with Crippen LogP contribution in [0.1, 0.15) is 48.6 Å². The summed E-state index contributed by atoms with van der Waals surface area (Å²) in [7, 11) is -1.40. The second kappa shape index (κ2) is 17.8. The van der Waals surface area contributed by atoms with Crippen LogP contribution in [-0.2, 0) is 22.8 Å². The van der Waals surface area contributed by atoms with Crippen LogP contribution in [0, 0.1) is 27.7 Å². The third kappa shape index (κ3) is 9.31. The van der Waals surface area contributed by atoms with Gasteiger partial charge < -0.3 is 5.11 Å². The van der Waals surface area contributed by atoms with Gasteiger partial charge in [0.05, 0.1) is 0 Å². The van der Waals surface area contributed by atoms with Gasteiger partial charge in [0.15, 0.2) is 0 Å². The van der Waals surface area contributed by atoms with Gasteiger partial charge in [0.2, 0.25) is 0 Å². The van der Waals surface area contributed by atoms with E-state index in [1.54, 1.807) is 0 Å². The molecule has 0 saturated heterocycles. The average molecular weight is 773 g/mol. The third-order valence-corrected chi connectivity index (χ3v) is 19.3. The summed E-state index contributed by atoms with van der Waals surface area (Å²) in [6.07, 6.45) is 0. The van der Waals surface area contributed by atoms with Crippen molar-refractivity contribution in [2.45, 2.75) is 42.9 Å². The Labute approximate surface area is 303 Å². The van der Waals surface area contributed by atoms with Gasteiger partial charge in [-0.3, -0.25) is 4.79 Å². The molecule has 0 heterocycles. The van der Waals surface area contributed by atoms with Crippen LogP contribution in [0.4, 0.5) is 0 Å². The van der Waals surface area contributed by atoms with Crippen molar-refractivity contribution in [2.24, 2.45) is 0 Å². The molecule has 6 aromatic carbocycles. The van der Waals surface area contributed by atoms with Crippen molar-refractivity contribution >= 4 is 43.0 Å². The van der Waals surface area contributed by atoms with E-state index in [1.807, 2.05) is 0 Å². The molecule has 1 N–H and O–H groups in total. The van der Waals surface area contributed by atoms with Crippen molar-refractivity contribution in [3.63, 3.8) is 0 Å². The molecule has 6 aromatic rings. The first-order valence-electron chi connectivity index (χ1n) is 16.4. The van der Waals surface area contributed by atoms with E-state index in [1.165, 1.54) is 54.6 Å². The van der Waals surface area contributed by atoms with Gasteiger partial charge in [0.1, 0.15) is 0 Å². The van der Waals surface area contributed by atoms with E-state index >= 15 is 0 Å². The summed E-state index contributed by atoms with van der Waals surface area (Å²) in [5.41, 5.74) is 8.45. The first-order valence-corrected chi connectivity index (χ1v) is 21.0. The molecule has 0 saturated carbocycles. The van der Waals surface area contributed by atoms with Crippen LogP contribution in [0.5, 0.6) is 0 Å². The Kier molecular flexibility index (Phi) is 13.3. The van der Waals surface area contributed by atoms with Crippen LogP contribution in [0.15, 0.2) is 158 Å². The van der Waals surface area contributed by atoms with Crippen LogP contribution < -0.4 is 21.2 Å². The van der Waals surface area contributed by atoms with E-state index in [0.29, 0.717) is 26.2 Å². The van der Waals surface area contributed by atoms with Crippen LogP contribution >= 0.6 is 15.8 Å². The number of benzene rings is 6. The zero-order valence-corrected chi connectivity index (χ0v) is 32.1. The molecular formula is C44H44O2P2Pd. The molecule has 2 nitrogen and oxygen atoms in total. The van der Waals surface area contributed by atoms with Gasteiger partial charge in [0.25, 0.3) is 5.97 Å². The number of aryl methyl sites for hydroxylation is 4. The predicted molar refractivity (Wildman–Crippen MR) is 209 cm³/mol. The van der Waals surface area contributed by atoms with Crippen molar-refractivity contribution in [1.82, 2.24) is 0 Å². The Bertz CT molecular complexity index is 1730. The van der Waals surface area contributed by atoms with Gasteiger partial charge >= 0.3 is 282 Å². The number of hydrogen-bond acceptors (Lipinski definition) is 1. The number of rotatable bonds is 10. The molecule has 0 bridgehead atoms. The Morgan fingerprint density at radius 2 is 0.673 bits per heavy atom. The second-order valence-corrected chi connectivity index (χ2v) is 20.0. The third-order valence-electron chi connectivity index (χ3n) is 8.23. The molecule has 0 aliphatic rings. The fourth-order valence-electron chi connectivity index (χ4n) is 5.86. The minimum atomic E-state index is -0.833. The van der Waals surface area contributed by atoms with Crippen molar-refractivity contribution in [2.75, 3.05) is 0 Å². The Morgan fingerprint density at radius 3 is 0.918 bits per heavy atom. The maximum absolute atomic E-state index is 9.00. The van der Waals surface area contributed by atoms with Crippen LogP contribution in [0.25, 0.3) is 0 Å². The summed E-state index contributed by atoms with van der Waals surface area (Å²) >= 11 is 0.373. The first kappa shape index (κ1) is 36.6. The molecular weight excluding hydrogens is 729 g/mol. The van der Waals surface area contributed by atoms with Crippen molar-refractivity contribution in [1.29, 1.82) is 0 Å². The van der Waals surface area contributed by atoms with Crippen molar-refractivity contribution < 1.29 is 27.9 Å². The molecule has 2 unspecified atom stereocenters. The standard InChI is InChI=1S/2C21H20P.C2H4O2.Pd/c2*1-17-10-6-8-14-20(17)22(16-19-12-4-3-5-13-19)21-15-9-7-11-18(21)2;1-2(3)4;/h2*3-16H,1-2H3;1H3,(H,3,4);. The van der Waals surface area contributed by atoms with E-state index in [9.17, 15) is 0 Å². The van der Waals surface area contributed by atoms with Gasteiger partial charge in [-0.15, -0.1) is 0 Å². The molecule has 49 heavy (non-hydrogen) atoms. The topological polar surface area (TPSA) is 37.3 Å². The summed E-state index contributed by atoms with van der Waals surface area (Å²) in [6.45, 7) is 10.3.